The van der Waals surface area contributed by atoms with Crippen LogP contribution in [0.2, 0.25) is 0 Å². The molecule has 0 aromatic carbocycles. The fourth-order valence-corrected chi connectivity index (χ4v) is 1.09. The SMILES string of the molecule is C=C(N)C(/C(C)=C\C)=C(C)\N=C/N. The zero-order valence-corrected chi connectivity index (χ0v) is 8.46. The topological polar surface area (TPSA) is 64.4 Å². The minimum atomic E-state index is 0.513. The normalized spacial score (nSPS) is 14.5. The average Bonchev–Trinajstić information content (AvgIpc) is 2.04. The quantitative estimate of drug-likeness (QED) is 0.393. The van der Waals surface area contributed by atoms with Gasteiger partial charge in [0.2, 0.25) is 0 Å². The lowest BCUT2D eigenvalue weighted by Gasteiger charge is -2.08. The molecule has 0 amide bonds. The van der Waals surface area contributed by atoms with Crippen molar-refractivity contribution in [1.29, 1.82) is 0 Å². The van der Waals surface area contributed by atoms with Gasteiger partial charge in [0, 0.05) is 17.0 Å². The minimum Gasteiger partial charge on any atom is -0.399 e. The number of hydrogen-bond donors (Lipinski definition) is 2. The van der Waals surface area contributed by atoms with Crippen LogP contribution in [0, 0.1) is 0 Å². The van der Waals surface area contributed by atoms with Crippen molar-refractivity contribution >= 4 is 6.34 Å². The van der Waals surface area contributed by atoms with Crippen molar-refractivity contribution in [3.63, 3.8) is 0 Å². The summed E-state index contributed by atoms with van der Waals surface area (Å²) in [5.41, 5.74) is 14.0. The van der Waals surface area contributed by atoms with Gasteiger partial charge < -0.3 is 11.5 Å². The fraction of sp³-hybridized carbons (Fsp3) is 0.300. The highest BCUT2D eigenvalue weighted by molar-refractivity contribution is 5.56. The third kappa shape index (κ3) is 3.15. The van der Waals surface area contributed by atoms with Crippen molar-refractivity contribution in [2.75, 3.05) is 0 Å². The minimum absolute atomic E-state index is 0.513. The van der Waals surface area contributed by atoms with Crippen LogP contribution in [0.1, 0.15) is 20.8 Å². The third-order valence-corrected chi connectivity index (χ3v) is 1.78. The molecule has 0 aromatic rings. The van der Waals surface area contributed by atoms with E-state index in [9.17, 15) is 0 Å². The highest BCUT2D eigenvalue weighted by atomic mass is 14.8. The van der Waals surface area contributed by atoms with Crippen LogP contribution in [0.4, 0.5) is 0 Å². The van der Waals surface area contributed by atoms with E-state index in [1.54, 1.807) is 0 Å². The maximum atomic E-state index is 5.64. The number of rotatable bonds is 3. The fourth-order valence-electron chi connectivity index (χ4n) is 1.09. The second-order valence-corrected chi connectivity index (χ2v) is 2.74. The van der Waals surface area contributed by atoms with Gasteiger partial charge in [-0.25, -0.2) is 4.99 Å². The second kappa shape index (κ2) is 5.19. The third-order valence-electron chi connectivity index (χ3n) is 1.78. The molecule has 0 bridgehead atoms. The molecule has 0 aromatic heterocycles. The summed E-state index contributed by atoms with van der Waals surface area (Å²) >= 11 is 0. The van der Waals surface area contributed by atoms with Gasteiger partial charge in [-0.3, -0.25) is 0 Å². The molecule has 0 aliphatic carbocycles. The van der Waals surface area contributed by atoms with Gasteiger partial charge >= 0.3 is 0 Å². The Morgan fingerprint density at radius 3 is 2.23 bits per heavy atom. The zero-order valence-electron chi connectivity index (χ0n) is 8.46. The smallest absolute Gasteiger partial charge is 0.0856 e. The number of nitrogens with two attached hydrogens (primary N) is 2. The molecule has 0 aliphatic rings. The van der Waals surface area contributed by atoms with Crippen LogP contribution in [0.5, 0.6) is 0 Å². The summed E-state index contributed by atoms with van der Waals surface area (Å²) in [5.74, 6) is 0. The molecule has 4 N–H and O–H groups in total. The predicted molar refractivity (Wildman–Crippen MR) is 58.1 cm³/mol. The molecule has 0 rings (SSSR count). The molecule has 0 fully saturated rings. The van der Waals surface area contributed by atoms with Crippen LogP contribution in [-0.2, 0) is 0 Å². The van der Waals surface area contributed by atoms with Crippen LogP contribution >= 0.6 is 0 Å². The van der Waals surface area contributed by atoms with Gasteiger partial charge in [0.25, 0.3) is 0 Å². The van der Waals surface area contributed by atoms with E-state index in [2.05, 4.69) is 11.6 Å². The van der Waals surface area contributed by atoms with Crippen molar-refractivity contribution in [1.82, 2.24) is 0 Å². The molecule has 0 spiro atoms. The molecule has 0 saturated heterocycles. The van der Waals surface area contributed by atoms with E-state index in [4.69, 9.17) is 11.5 Å². The van der Waals surface area contributed by atoms with E-state index in [0.717, 1.165) is 16.8 Å². The molecule has 0 atom stereocenters. The van der Waals surface area contributed by atoms with Crippen LogP contribution in [0.15, 0.2) is 40.2 Å². The molecule has 0 saturated carbocycles. The molecule has 0 unspecified atom stereocenters. The Hall–Kier alpha value is -1.51. The van der Waals surface area contributed by atoms with Gasteiger partial charge in [-0.1, -0.05) is 12.7 Å². The van der Waals surface area contributed by atoms with E-state index >= 15 is 0 Å². The summed E-state index contributed by atoms with van der Waals surface area (Å²) < 4.78 is 0. The Bertz CT molecular complexity index is 283. The van der Waals surface area contributed by atoms with Crippen LogP contribution in [0.25, 0.3) is 0 Å². The first-order chi connectivity index (χ1) is 6.04. The van der Waals surface area contributed by atoms with Crippen LogP contribution < -0.4 is 11.5 Å². The Morgan fingerprint density at radius 2 is 1.92 bits per heavy atom. The summed E-state index contributed by atoms with van der Waals surface area (Å²) in [6.07, 6.45) is 3.21. The van der Waals surface area contributed by atoms with E-state index in [-0.39, 0.29) is 0 Å². The Labute approximate surface area is 79.5 Å². The van der Waals surface area contributed by atoms with Gasteiger partial charge in [0.05, 0.1) is 6.34 Å². The standard InChI is InChI=1S/C10H17N3/c1-5-7(2)10(8(3)12)9(4)13-6-11/h5-6H,3,12H2,1-2,4H3,(H2,11,13)/b7-5-,10-9-. The van der Waals surface area contributed by atoms with E-state index in [1.807, 2.05) is 26.8 Å². The number of allylic oxidation sites excluding steroid dienone is 3. The molecule has 3 nitrogen and oxygen atoms in total. The summed E-state index contributed by atoms with van der Waals surface area (Å²) in [5, 5.41) is 0. The lowest BCUT2D eigenvalue weighted by molar-refractivity contribution is 1.17. The maximum absolute atomic E-state index is 5.64. The predicted octanol–water partition coefficient (Wildman–Crippen LogP) is 1.69. The van der Waals surface area contributed by atoms with Crippen molar-refractivity contribution in [3.8, 4) is 0 Å². The summed E-state index contributed by atoms with van der Waals surface area (Å²) in [7, 11) is 0. The number of aliphatic imine (C=N–C) groups is 1. The highest BCUT2D eigenvalue weighted by Gasteiger charge is 2.04. The molecule has 0 radical (unpaired) electrons. The zero-order chi connectivity index (χ0) is 10.4. The van der Waals surface area contributed by atoms with Gasteiger partial charge in [-0.15, -0.1) is 0 Å². The first-order valence-corrected chi connectivity index (χ1v) is 4.07. The first kappa shape index (κ1) is 11.5. The van der Waals surface area contributed by atoms with Crippen molar-refractivity contribution < 1.29 is 0 Å². The first-order valence-electron chi connectivity index (χ1n) is 4.07. The van der Waals surface area contributed by atoms with Crippen molar-refractivity contribution in [2.45, 2.75) is 20.8 Å². The largest absolute Gasteiger partial charge is 0.399 e. The molecule has 72 valence electrons. The number of nitrogens with zero attached hydrogens (tertiary/aromatic N) is 1. The van der Waals surface area contributed by atoms with Gasteiger partial charge in [-0.2, -0.15) is 0 Å². The van der Waals surface area contributed by atoms with E-state index in [0.29, 0.717) is 5.70 Å². The molecular weight excluding hydrogens is 162 g/mol. The highest BCUT2D eigenvalue weighted by Crippen LogP contribution is 2.19. The van der Waals surface area contributed by atoms with Crippen LogP contribution in [-0.4, -0.2) is 6.34 Å². The summed E-state index contributed by atoms with van der Waals surface area (Å²) in [4.78, 5) is 3.97. The van der Waals surface area contributed by atoms with E-state index < -0.39 is 0 Å². The Kier molecular flexibility index (Phi) is 4.59. The van der Waals surface area contributed by atoms with Gasteiger partial charge in [-0.05, 0) is 26.3 Å². The van der Waals surface area contributed by atoms with Crippen molar-refractivity contribution in [3.05, 3.63) is 35.2 Å². The molecular formula is C10H17N3. The summed E-state index contributed by atoms with van der Waals surface area (Å²) in [6, 6.07) is 0. The summed E-state index contributed by atoms with van der Waals surface area (Å²) in [6.45, 7) is 9.45. The van der Waals surface area contributed by atoms with Gasteiger partial charge in [0.15, 0.2) is 0 Å². The number of hydrogen-bond acceptors (Lipinski definition) is 2. The molecule has 13 heavy (non-hydrogen) atoms. The molecule has 3 heteroatoms. The van der Waals surface area contributed by atoms with E-state index in [1.165, 1.54) is 6.34 Å². The van der Waals surface area contributed by atoms with Gasteiger partial charge in [0.1, 0.15) is 0 Å². The lowest BCUT2D eigenvalue weighted by atomic mass is 10.0. The Morgan fingerprint density at radius 1 is 1.38 bits per heavy atom. The lowest BCUT2D eigenvalue weighted by Crippen LogP contribution is -2.03. The second-order valence-electron chi connectivity index (χ2n) is 2.74. The van der Waals surface area contributed by atoms with Crippen molar-refractivity contribution in [2.24, 2.45) is 16.5 Å². The van der Waals surface area contributed by atoms with Crippen LogP contribution in [0.3, 0.4) is 0 Å². The molecule has 0 aliphatic heterocycles. The molecule has 0 heterocycles. The Balaban J connectivity index is 5.25. The monoisotopic (exact) mass is 179 g/mol. The maximum Gasteiger partial charge on any atom is 0.0856 e. The average molecular weight is 179 g/mol.